The SMILES string of the molecule is CCn1c(=O)c(C)nc2cc(C(=O)Oc3ccc(C)c(C)c3)ccc21. The lowest BCUT2D eigenvalue weighted by Gasteiger charge is -2.10. The molecule has 128 valence electrons. The van der Waals surface area contributed by atoms with Crippen molar-refractivity contribution in [2.24, 2.45) is 0 Å². The van der Waals surface area contributed by atoms with E-state index in [4.69, 9.17) is 4.74 Å². The van der Waals surface area contributed by atoms with E-state index in [2.05, 4.69) is 4.98 Å². The van der Waals surface area contributed by atoms with Crippen LogP contribution in [0.1, 0.15) is 34.1 Å². The van der Waals surface area contributed by atoms with Crippen LogP contribution in [0.3, 0.4) is 0 Å². The fourth-order valence-corrected chi connectivity index (χ4v) is 2.76. The van der Waals surface area contributed by atoms with E-state index in [1.807, 2.05) is 32.9 Å². The average Bonchev–Trinajstić information content (AvgIpc) is 2.59. The summed E-state index contributed by atoms with van der Waals surface area (Å²) in [7, 11) is 0. The molecule has 3 aromatic rings. The number of nitrogens with zero attached hydrogens (tertiary/aromatic N) is 2. The Bertz CT molecular complexity index is 1040. The van der Waals surface area contributed by atoms with Crippen molar-refractivity contribution in [3.8, 4) is 5.75 Å². The fourth-order valence-electron chi connectivity index (χ4n) is 2.76. The number of ether oxygens (including phenoxy) is 1. The van der Waals surface area contributed by atoms with Crippen LogP contribution in [0.15, 0.2) is 41.2 Å². The standard InChI is InChI=1S/C20H20N2O3/c1-5-22-18-9-7-15(11-17(18)21-14(4)19(22)23)20(24)25-16-8-6-12(2)13(3)10-16/h6-11H,5H2,1-4H3. The minimum atomic E-state index is -0.446. The van der Waals surface area contributed by atoms with Crippen LogP contribution in [0.25, 0.3) is 11.0 Å². The lowest BCUT2D eigenvalue weighted by atomic mass is 10.1. The monoisotopic (exact) mass is 336 g/mol. The van der Waals surface area contributed by atoms with Crippen LogP contribution in [0.4, 0.5) is 0 Å². The van der Waals surface area contributed by atoms with Gasteiger partial charge in [0.25, 0.3) is 5.56 Å². The van der Waals surface area contributed by atoms with Gasteiger partial charge >= 0.3 is 5.97 Å². The third kappa shape index (κ3) is 3.18. The van der Waals surface area contributed by atoms with Gasteiger partial charge in [-0.3, -0.25) is 4.79 Å². The van der Waals surface area contributed by atoms with Crippen LogP contribution < -0.4 is 10.3 Å². The summed E-state index contributed by atoms with van der Waals surface area (Å²) in [6.07, 6.45) is 0. The van der Waals surface area contributed by atoms with Gasteiger partial charge in [-0.1, -0.05) is 6.07 Å². The number of aromatic nitrogens is 2. The van der Waals surface area contributed by atoms with Crippen molar-refractivity contribution < 1.29 is 9.53 Å². The lowest BCUT2D eigenvalue weighted by molar-refractivity contribution is 0.0735. The molecule has 2 aromatic carbocycles. The highest BCUT2D eigenvalue weighted by atomic mass is 16.5. The van der Waals surface area contributed by atoms with E-state index in [0.717, 1.165) is 11.1 Å². The number of benzene rings is 2. The number of hydrogen-bond donors (Lipinski definition) is 0. The van der Waals surface area contributed by atoms with Gasteiger partial charge in [-0.2, -0.15) is 0 Å². The second-order valence-corrected chi connectivity index (χ2v) is 6.09. The Labute approximate surface area is 145 Å². The van der Waals surface area contributed by atoms with Gasteiger partial charge in [-0.05, 0) is 69.2 Å². The minimum Gasteiger partial charge on any atom is -0.423 e. The van der Waals surface area contributed by atoms with Crippen LogP contribution in [0, 0.1) is 20.8 Å². The topological polar surface area (TPSA) is 61.2 Å². The summed E-state index contributed by atoms with van der Waals surface area (Å²) in [4.78, 5) is 28.9. The predicted octanol–water partition coefficient (Wildman–Crippen LogP) is 3.56. The lowest BCUT2D eigenvalue weighted by Crippen LogP contribution is -2.23. The van der Waals surface area contributed by atoms with Crippen molar-refractivity contribution in [2.45, 2.75) is 34.2 Å². The van der Waals surface area contributed by atoms with Crippen molar-refractivity contribution in [1.82, 2.24) is 9.55 Å². The smallest absolute Gasteiger partial charge is 0.343 e. The summed E-state index contributed by atoms with van der Waals surface area (Å²) in [5, 5.41) is 0. The van der Waals surface area contributed by atoms with Crippen LogP contribution in [-0.4, -0.2) is 15.5 Å². The number of fused-ring (bicyclic) bond motifs is 1. The van der Waals surface area contributed by atoms with Gasteiger partial charge < -0.3 is 9.30 Å². The molecule has 0 N–H and O–H groups in total. The van der Waals surface area contributed by atoms with Gasteiger partial charge in [-0.15, -0.1) is 0 Å². The van der Waals surface area contributed by atoms with Crippen molar-refractivity contribution in [2.75, 3.05) is 0 Å². The zero-order chi connectivity index (χ0) is 18.1. The van der Waals surface area contributed by atoms with Gasteiger partial charge in [0.2, 0.25) is 0 Å². The third-order valence-corrected chi connectivity index (χ3v) is 4.35. The van der Waals surface area contributed by atoms with Crippen molar-refractivity contribution in [3.05, 3.63) is 69.1 Å². The van der Waals surface area contributed by atoms with E-state index in [1.54, 1.807) is 35.8 Å². The maximum absolute atomic E-state index is 12.4. The second-order valence-electron chi connectivity index (χ2n) is 6.09. The largest absolute Gasteiger partial charge is 0.423 e. The zero-order valence-corrected chi connectivity index (χ0v) is 14.8. The van der Waals surface area contributed by atoms with Gasteiger partial charge in [0.05, 0.1) is 16.6 Å². The molecule has 0 spiro atoms. The number of rotatable bonds is 3. The van der Waals surface area contributed by atoms with Crippen molar-refractivity contribution in [3.63, 3.8) is 0 Å². The number of aryl methyl sites for hydroxylation is 4. The maximum atomic E-state index is 12.4. The molecule has 0 amide bonds. The van der Waals surface area contributed by atoms with E-state index in [1.165, 1.54) is 0 Å². The van der Waals surface area contributed by atoms with Crippen molar-refractivity contribution >= 4 is 17.0 Å². The Kier molecular flexibility index (Phi) is 4.40. The maximum Gasteiger partial charge on any atom is 0.343 e. The summed E-state index contributed by atoms with van der Waals surface area (Å²) in [5.41, 5.74) is 4.22. The Hall–Kier alpha value is -2.95. The summed E-state index contributed by atoms with van der Waals surface area (Å²) < 4.78 is 7.11. The Morgan fingerprint density at radius 1 is 1.08 bits per heavy atom. The number of carbonyl (C=O) groups excluding carboxylic acids is 1. The van der Waals surface area contributed by atoms with E-state index >= 15 is 0 Å². The number of hydrogen-bond acceptors (Lipinski definition) is 4. The molecule has 5 nitrogen and oxygen atoms in total. The minimum absolute atomic E-state index is 0.111. The molecule has 5 heteroatoms. The predicted molar refractivity (Wildman–Crippen MR) is 97.3 cm³/mol. The average molecular weight is 336 g/mol. The first kappa shape index (κ1) is 16.9. The van der Waals surface area contributed by atoms with Crippen LogP contribution in [-0.2, 0) is 6.54 Å². The molecule has 0 saturated heterocycles. The van der Waals surface area contributed by atoms with Crippen LogP contribution >= 0.6 is 0 Å². The molecular formula is C20H20N2O3. The Morgan fingerprint density at radius 3 is 2.52 bits per heavy atom. The number of esters is 1. The van der Waals surface area contributed by atoms with E-state index in [9.17, 15) is 9.59 Å². The molecule has 0 bridgehead atoms. The molecule has 0 saturated carbocycles. The van der Waals surface area contributed by atoms with Gasteiger partial charge in [0.15, 0.2) is 0 Å². The first-order valence-electron chi connectivity index (χ1n) is 8.21. The quantitative estimate of drug-likeness (QED) is 0.542. The summed E-state index contributed by atoms with van der Waals surface area (Å²) in [5.74, 6) is 0.0646. The van der Waals surface area contributed by atoms with Crippen LogP contribution in [0.2, 0.25) is 0 Å². The first-order chi connectivity index (χ1) is 11.9. The highest BCUT2D eigenvalue weighted by Gasteiger charge is 2.13. The molecule has 3 rings (SSSR count). The molecular weight excluding hydrogens is 316 g/mol. The Morgan fingerprint density at radius 2 is 1.84 bits per heavy atom. The van der Waals surface area contributed by atoms with E-state index < -0.39 is 5.97 Å². The highest BCUT2D eigenvalue weighted by Crippen LogP contribution is 2.19. The van der Waals surface area contributed by atoms with Gasteiger partial charge in [0, 0.05) is 6.54 Å². The van der Waals surface area contributed by atoms with Crippen LogP contribution in [0.5, 0.6) is 5.75 Å². The zero-order valence-electron chi connectivity index (χ0n) is 14.8. The van der Waals surface area contributed by atoms with Gasteiger partial charge in [-0.25, -0.2) is 9.78 Å². The molecule has 0 unspecified atom stereocenters. The third-order valence-electron chi connectivity index (χ3n) is 4.35. The Balaban J connectivity index is 1.98. The van der Waals surface area contributed by atoms with E-state index in [0.29, 0.717) is 34.6 Å². The molecule has 0 aliphatic carbocycles. The normalized spacial score (nSPS) is 10.9. The first-order valence-corrected chi connectivity index (χ1v) is 8.21. The number of carbonyl (C=O) groups is 1. The summed E-state index contributed by atoms with van der Waals surface area (Å²) in [6.45, 7) is 8.10. The molecule has 0 aliphatic rings. The summed E-state index contributed by atoms with van der Waals surface area (Å²) in [6, 6.07) is 10.6. The van der Waals surface area contributed by atoms with Crippen molar-refractivity contribution in [1.29, 1.82) is 0 Å². The van der Waals surface area contributed by atoms with E-state index in [-0.39, 0.29) is 5.56 Å². The van der Waals surface area contributed by atoms with Gasteiger partial charge in [0.1, 0.15) is 11.4 Å². The molecule has 0 radical (unpaired) electrons. The molecule has 25 heavy (non-hydrogen) atoms. The molecule has 1 aromatic heterocycles. The molecule has 0 fully saturated rings. The second kappa shape index (κ2) is 6.51. The molecule has 1 heterocycles. The molecule has 0 aliphatic heterocycles. The summed E-state index contributed by atoms with van der Waals surface area (Å²) >= 11 is 0. The highest BCUT2D eigenvalue weighted by molar-refractivity contribution is 5.94. The fraction of sp³-hybridized carbons (Fsp3) is 0.250. The molecule has 0 atom stereocenters.